The van der Waals surface area contributed by atoms with Crippen molar-refractivity contribution in [3.05, 3.63) is 87.6 Å². The monoisotopic (exact) mass is 416 g/mol. The van der Waals surface area contributed by atoms with Gasteiger partial charge in [-0.2, -0.15) is 5.26 Å². The fourth-order valence-corrected chi connectivity index (χ4v) is 2.76. The molecule has 0 unspecified atom stereocenters. The van der Waals surface area contributed by atoms with Crippen LogP contribution in [0.1, 0.15) is 35.3 Å². The summed E-state index contributed by atoms with van der Waals surface area (Å²) in [6.07, 6.45) is 1.12. The van der Waals surface area contributed by atoms with E-state index in [0.29, 0.717) is 17.0 Å². The molecule has 3 rings (SSSR count). The number of amides is 1. The molecule has 0 spiro atoms. The molecule has 0 saturated carbocycles. The van der Waals surface area contributed by atoms with Crippen molar-refractivity contribution in [2.75, 3.05) is 5.32 Å². The second-order valence-electron chi connectivity index (χ2n) is 7.47. The largest absolute Gasteiger partial charge is 0.439 e. The summed E-state index contributed by atoms with van der Waals surface area (Å²) in [5, 5.41) is 22.9. The second-order valence-corrected chi connectivity index (χ2v) is 7.47. The fraction of sp³-hybridized carbons (Fsp3) is 0.174. The van der Waals surface area contributed by atoms with E-state index in [0.717, 1.165) is 17.3 Å². The molecule has 0 radical (unpaired) electrons. The topological polar surface area (TPSA) is 118 Å². The van der Waals surface area contributed by atoms with E-state index in [2.05, 4.69) is 16.4 Å². The van der Waals surface area contributed by atoms with Gasteiger partial charge in [0.2, 0.25) is 5.88 Å². The zero-order chi connectivity index (χ0) is 22.6. The van der Waals surface area contributed by atoms with Crippen molar-refractivity contribution in [3.63, 3.8) is 0 Å². The zero-order valence-electron chi connectivity index (χ0n) is 17.2. The number of hydrogen-bond donors (Lipinski definition) is 1. The van der Waals surface area contributed by atoms with E-state index in [4.69, 9.17) is 4.74 Å². The van der Waals surface area contributed by atoms with Gasteiger partial charge in [-0.15, -0.1) is 0 Å². The van der Waals surface area contributed by atoms with Crippen LogP contribution in [0.15, 0.2) is 60.8 Å². The fourth-order valence-electron chi connectivity index (χ4n) is 2.76. The van der Waals surface area contributed by atoms with Gasteiger partial charge in [0.1, 0.15) is 11.9 Å². The van der Waals surface area contributed by atoms with Crippen LogP contribution in [0.5, 0.6) is 11.6 Å². The Hall–Kier alpha value is -4.25. The zero-order valence-corrected chi connectivity index (χ0v) is 17.2. The van der Waals surface area contributed by atoms with Crippen molar-refractivity contribution >= 4 is 17.3 Å². The van der Waals surface area contributed by atoms with E-state index in [1.54, 1.807) is 50.2 Å². The third-order valence-electron chi connectivity index (χ3n) is 4.72. The molecule has 1 aromatic heterocycles. The summed E-state index contributed by atoms with van der Waals surface area (Å²) < 4.78 is 5.73. The summed E-state index contributed by atoms with van der Waals surface area (Å²) >= 11 is 0. The maximum absolute atomic E-state index is 12.7. The number of ether oxygens (including phenoxy) is 1. The van der Waals surface area contributed by atoms with Gasteiger partial charge >= 0.3 is 0 Å². The van der Waals surface area contributed by atoms with Crippen molar-refractivity contribution in [1.82, 2.24) is 4.98 Å². The molecule has 31 heavy (non-hydrogen) atoms. The Morgan fingerprint density at radius 2 is 1.97 bits per heavy atom. The summed E-state index contributed by atoms with van der Waals surface area (Å²) in [7, 11) is 0. The van der Waals surface area contributed by atoms with Crippen molar-refractivity contribution in [2.45, 2.75) is 26.2 Å². The van der Waals surface area contributed by atoms with Crippen LogP contribution in [0.2, 0.25) is 0 Å². The van der Waals surface area contributed by atoms with Crippen LogP contribution in [0, 0.1) is 28.4 Å². The highest BCUT2D eigenvalue weighted by atomic mass is 16.6. The van der Waals surface area contributed by atoms with Crippen LogP contribution in [0.3, 0.4) is 0 Å². The molecule has 0 atom stereocenters. The van der Waals surface area contributed by atoms with E-state index in [1.165, 1.54) is 12.1 Å². The van der Waals surface area contributed by atoms with Crippen LogP contribution in [-0.4, -0.2) is 15.8 Å². The molecule has 3 aromatic rings. The molecule has 0 aliphatic rings. The normalized spacial score (nSPS) is 10.8. The third-order valence-corrected chi connectivity index (χ3v) is 4.72. The van der Waals surface area contributed by atoms with Crippen LogP contribution >= 0.6 is 0 Å². The molecule has 1 N–H and O–H groups in total. The molecule has 0 fully saturated rings. The van der Waals surface area contributed by atoms with Gasteiger partial charge in [0.05, 0.1) is 16.4 Å². The third kappa shape index (κ3) is 5.03. The van der Waals surface area contributed by atoms with Crippen LogP contribution < -0.4 is 10.1 Å². The molecule has 156 valence electrons. The molecule has 1 amide bonds. The lowest BCUT2D eigenvalue weighted by molar-refractivity contribution is -0.385. The Morgan fingerprint density at radius 3 is 2.61 bits per heavy atom. The average Bonchev–Trinajstić information content (AvgIpc) is 2.76. The van der Waals surface area contributed by atoms with Gasteiger partial charge < -0.3 is 10.1 Å². The van der Waals surface area contributed by atoms with Crippen molar-refractivity contribution < 1.29 is 14.5 Å². The molecule has 0 aliphatic heterocycles. The molecule has 2 aromatic carbocycles. The number of rotatable bonds is 6. The number of nitrogens with zero attached hydrogens (tertiary/aromatic N) is 3. The number of aryl methyl sites for hydroxylation is 1. The Morgan fingerprint density at radius 1 is 1.19 bits per heavy atom. The summed E-state index contributed by atoms with van der Waals surface area (Å²) in [4.78, 5) is 26.9. The van der Waals surface area contributed by atoms with Gasteiger partial charge in [-0.3, -0.25) is 14.9 Å². The van der Waals surface area contributed by atoms with E-state index in [1.807, 2.05) is 13.0 Å². The minimum Gasteiger partial charge on any atom is -0.439 e. The first-order valence-corrected chi connectivity index (χ1v) is 9.42. The van der Waals surface area contributed by atoms with Gasteiger partial charge in [-0.1, -0.05) is 18.2 Å². The molecule has 8 heteroatoms. The first kappa shape index (κ1) is 21.5. The number of aromatic nitrogens is 1. The number of pyridine rings is 1. The first-order valence-electron chi connectivity index (χ1n) is 9.42. The highest BCUT2D eigenvalue weighted by Crippen LogP contribution is 2.28. The molecule has 0 aliphatic carbocycles. The Balaban J connectivity index is 1.79. The molecular formula is C23H20N4O4. The Kier molecular flexibility index (Phi) is 5.97. The van der Waals surface area contributed by atoms with Gasteiger partial charge in [0.25, 0.3) is 11.6 Å². The first-order chi connectivity index (χ1) is 14.7. The van der Waals surface area contributed by atoms with E-state index in [-0.39, 0.29) is 17.5 Å². The van der Waals surface area contributed by atoms with Gasteiger partial charge in [-0.05, 0) is 50.1 Å². The maximum Gasteiger partial charge on any atom is 0.287 e. The van der Waals surface area contributed by atoms with Crippen LogP contribution in [0.25, 0.3) is 0 Å². The summed E-state index contributed by atoms with van der Waals surface area (Å²) in [6, 6.07) is 17.1. The summed E-state index contributed by atoms with van der Waals surface area (Å²) in [5.74, 6) is 0.334. The molecule has 1 heterocycles. The standard InChI is InChI=1S/C23H20N4O4/c1-15-7-8-18(12-20(15)31-21-10-9-19(13-25-21)27(29)30)26-22(28)16-5-4-6-17(11-16)23(2,3)14-24/h4-13H,1-3H3,(H,26,28). The highest BCUT2D eigenvalue weighted by Gasteiger charge is 2.21. The van der Waals surface area contributed by atoms with Gasteiger partial charge in [-0.25, -0.2) is 4.98 Å². The lowest BCUT2D eigenvalue weighted by Crippen LogP contribution is -2.17. The number of benzene rings is 2. The predicted molar refractivity (Wildman–Crippen MR) is 115 cm³/mol. The summed E-state index contributed by atoms with van der Waals surface area (Å²) in [6.45, 7) is 5.42. The smallest absolute Gasteiger partial charge is 0.287 e. The molecule has 0 bridgehead atoms. The van der Waals surface area contributed by atoms with Gasteiger partial charge in [0, 0.05) is 29.4 Å². The number of nitriles is 1. The van der Waals surface area contributed by atoms with Crippen LogP contribution in [-0.2, 0) is 5.41 Å². The van der Waals surface area contributed by atoms with E-state index < -0.39 is 10.3 Å². The quantitative estimate of drug-likeness (QED) is 0.439. The van der Waals surface area contributed by atoms with E-state index in [9.17, 15) is 20.2 Å². The number of hydrogen-bond acceptors (Lipinski definition) is 6. The molecule has 0 saturated heterocycles. The SMILES string of the molecule is Cc1ccc(NC(=O)c2cccc(C(C)(C)C#N)c2)cc1Oc1ccc([N+](=O)[O-])cn1. The Labute approximate surface area is 179 Å². The lowest BCUT2D eigenvalue weighted by atomic mass is 9.85. The highest BCUT2D eigenvalue weighted by molar-refractivity contribution is 6.04. The minimum absolute atomic E-state index is 0.133. The average molecular weight is 416 g/mol. The number of anilines is 1. The second kappa shape index (κ2) is 8.63. The minimum atomic E-state index is -0.709. The number of nitro groups is 1. The molecule has 8 nitrogen and oxygen atoms in total. The van der Waals surface area contributed by atoms with Crippen LogP contribution in [0.4, 0.5) is 11.4 Å². The predicted octanol–water partition coefficient (Wildman–Crippen LogP) is 5.14. The van der Waals surface area contributed by atoms with Crippen molar-refractivity contribution in [2.24, 2.45) is 0 Å². The lowest BCUT2D eigenvalue weighted by Gasteiger charge is -2.16. The Bertz CT molecular complexity index is 1180. The number of carbonyl (C=O) groups is 1. The van der Waals surface area contributed by atoms with Crippen molar-refractivity contribution in [1.29, 1.82) is 5.26 Å². The summed E-state index contributed by atoms with van der Waals surface area (Å²) in [5.41, 5.74) is 1.65. The van der Waals surface area contributed by atoms with Crippen molar-refractivity contribution in [3.8, 4) is 17.7 Å². The van der Waals surface area contributed by atoms with E-state index >= 15 is 0 Å². The maximum atomic E-state index is 12.7. The molecular weight excluding hydrogens is 396 g/mol. The van der Waals surface area contributed by atoms with Gasteiger partial charge in [0.15, 0.2) is 0 Å². The number of nitrogens with one attached hydrogen (secondary N) is 1. The number of carbonyl (C=O) groups excluding carboxylic acids is 1.